The summed E-state index contributed by atoms with van der Waals surface area (Å²) in [5.74, 6) is 1.67. The molecule has 2 rings (SSSR count). The Morgan fingerprint density at radius 1 is 1.47 bits per heavy atom. The number of hydrogen-bond acceptors (Lipinski definition) is 5. The summed E-state index contributed by atoms with van der Waals surface area (Å²) in [4.78, 5) is 0. The van der Waals surface area contributed by atoms with Crippen molar-refractivity contribution in [3.63, 3.8) is 0 Å². The summed E-state index contributed by atoms with van der Waals surface area (Å²) in [7, 11) is 1.57. The number of aryl methyl sites for hydroxylation is 1. The fourth-order valence-corrected chi connectivity index (χ4v) is 1.69. The monoisotopic (exact) mass is 278 g/mol. The van der Waals surface area contributed by atoms with Crippen molar-refractivity contribution < 1.29 is 9.15 Å². The molecule has 0 saturated carbocycles. The average Bonchev–Trinajstić information content (AvgIpc) is 2.86. The van der Waals surface area contributed by atoms with Crippen LogP contribution in [-0.2, 0) is 6.42 Å². The maximum Gasteiger partial charge on any atom is 0.247 e. The van der Waals surface area contributed by atoms with E-state index in [-0.39, 0.29) is 5.11 Å². The molecule has 2 aromatic rings. The smallest absolute Gasteiger partial charge is 0.247 e. The third-order valence-corrected chi connectivity index (χ3v) is 2.58. The molecule has 0 aliphatic heterocycles. The molecule has 0 unspecified atom stereocenters. The molecule has 0 aliphatic carbocycles. The summed E-state index contributed by atoms with van der Waals surface area (Å²) in [6.45, 7) is 1.95. The highest BCUT2D eigenvalue weighted by molar-refractivity contribution is 7.80. The van der Waals surface area contributed by atoms with Crippen molar-refractivity contribution in [2.24, 2.45) is 5.73 Å². The molecule has 0 fully saturated rings. The van der Waals surface area contributed by atoms with E-state index >= 15 is 0 Å². The third-order valence-electron chi connectivity index (χ3n) is 2.47. The van der Waals surface area contributed by atoms with Gasteiger partial charge in [0.15, 0.2) is 5.11 Å². The molecule has 1 aromatic carbocycles. The number of thiocarbonyl (C=S) groups is 1. The Morgan fingerprint density at radius 3 is 2.84 bits per heavy atom. The number of ether oxygens (including phenoxy) is 1. The van der Waals surface area contributed by atoms with Crippen LogP contribution in [-0.4, -0.2) is 22.4 Å². The minimum absolute atomic E-state index is 0.162. The highest BCUT2D eigenvalue weighted by Crippen LogP contribution is 2.30. The molecule has 6 nitrogen and oxygen atoms in total. The van der Waals surface area contributed by atoms with Crippen LogP contribution >= 0.6 is 12.2 Å². The molecule has 0 aliphatic rings. The second-order valence-electron chi connectivity index (χ2n) is 3.76. The Kier molecular flexibility index (Phi) is 3.96. The van der Waals surface area contributed by atoms with E-state index in [0.717, 1.165) is 5.56 Å². The molecule has 3 N–H and O–H groups in total. The largest absolute Gasteiger partial charge is 0.495 e. The van der Waals surface area contributed by atoms with Gasteiger partial charge in [-0.3, -0.25) is 0 Å². The number of nitrogens with two attached hydrogens (primary N) is 1. The first-order valence-electron chi connectivity index (χ1n) is 5.71. The second-order valence-corrected chi connectivity index (χ2v) is 4.20. The summed E-state index contributed by atoms with van der Waals surface area (Å²) in [6.07, 6.45) is 0.696. The van der Waals surface area contributed by atoms with Gasteiger partial charge in [0.1, 0.15) is 5.75 Å². The molecule has 19 heavy (non-hydrogen) atoms. The molecule has 0 radical (unpaired) electrons. The zero-order valence-corrected chi connectivity index (χ0v) is 11.5. The second kappa shape index (κ2) is 5.66. The Bertz CT molecular complexity index is 597. The van der Waals surface area contributed by atoms with Crippen LogP contribution < -0.4 is 15.8 Å². The molecule has 1 heterocycles. The minimum Gasteiger partial charge on any atom is -0.495 e. The van der Waals surface area contributed by atoms with Crippen molar-refractivity contribution in [3.05, 3.63) is 24.1 Å². The number of benzene rings is 1. The molecule has 0 bridgehead atoms. The van der Waals surface area contributed by atoms with Crippen LogP contribution in [0.2, 0.25) is 0 Å². The summed E-state index contributed by atoms with van der Waals surface area (Å²) < 4.78 is 10.7. The van der Waals surface area contributed by atoms with Crippen LogP contribution in [0.3, 0.4) is 0 Å². The van der Waals surface area contributed by atoms with Crippen molar-refractivity contribution in [2.45, 2.75) is 13.3 Å². The van der Waals surface area contributed by atoms with E-state index < -0.39 is 0 Å². The molecular weight excluding hydrogens is 264 g/mol. The van der Waals surface area contributed by atoms with E-state index in [1.807, 2.05) is 13.0 Å². The SMILES string of the molecule is CCc1nnc(-c2ccc(OC)c(NC(N)=S)c2)o1. The predicted molar refractivity (Wildman–Crippen MR) is 76.1 cm³/mol. The Balaban J connectivity index is 2.38. The van der Waals surface area contributed by atoms with Gasteiger partial charge in [-0.2, -0.15) is 0 Å². The predicted octanol–water partition coefficient (Wildman–Crippen LogP) is 1.96. The summed E-state index contributed by atoms with van der Waals surface area (Å²) in [6, 6.07) is 5.41. The van der Waals surface area contributed by atoms with Crippen LogP contribution in [0.15, 0.2) is 22.6 Å². The Labute approximate surface area is 116 Å². The van der Waals surface area contributed by atoms with Crippen LogP contribution in [0, 0.1) is 0 Å². The first-order chi connectivity index (χ1) is 9.13. The van der Waals surface area contributed by atoms with Gasteiger partial charge in [-0.15, -0.1) is 10.2 Å². The van der Waals surface area contributed by atoms with Crippen LogP contribution in [0.4, 0.5) is 5.69 Å². The lowest BCUT2D eigenvalue weighted by Gasteiger charge is -2.10. The number of methoxy groups -OCH3 is 1. The average molecular weight is 278 g/mol. The highest BCUT2D eigenvalue weighted by atomic mass is 32.1. The molecule has 7 heteroatoms. The van der Waals surface area contributed by atoms with Gasteiger partial charge < -0.3 is 20.2 Å². The summed E-state index contributed by atoms with van der Waals surface area (Å²) in [5, 5.41) is 10.9. The van der Waals surface area contributed by atoms with Gasteiger partial charge in [0.05, 0.1) is 12.8 Å². The molecule has 0 amide bonds. The standard InChI is InChI=1S/C12H14N4O2S/c1-3-10-15-16-11(18-10)7-4-5-9(17-2)8(6-7)14-12(13)19/h4-6H,3H2,1-2H3,(H3,13,14,19). The van der Waals surface area contributed by atoms with Gasteiger partial charge in [0.25, 0.3) is 0 Å². The number of hydrogen-bond donors (Lipinski definition) is 2. The number of rotatable bonds is 4. The van der Waals surface area contributed by atoms with Gasteiger partial charge in [-0.05, 0) is 30.4 Å². The lowest BCUT2D eigenvalue weighted by molar-refractivity contribution is 0.417. The highest BCUT2D eigenvalue weighted by Gasteiger charge is 2.11. The first kappa shape index (κ1) is 13.3. The van der Waals surface area contributed by atoms with Crippen LogP contribution in [0.1, 0.15) is 12.8 Å². The van der Waals surface area contributed by atoms with Gasteiger partial charge in [0, 0.05) is 12.0 Å². The molecular formula is C12H14N4O2S. The third kappa shape index (κ3) is 3.00. The van der Waals surface area contributed by atoms with Gasteiger partial charge in [0.2, 0.25) is 11.8 Å². The van der Waals surface area contributed by atoms with E-state index in [9.17, 15) is 0 Å². The number of nitrogens with zero attached hydrogens (tertiary/aromatic N) is 2. The summed E-state index contributed by atoms with van der Waals surface area (Å²) in [5.41, 5.74) is 6.90. The van der Waals surface area contributed by atoms with E-state index in [1.165, 1.54) is 0 Å². The Morgan fingerprint density at radius 2 is 2.26 bits per heavy atom. The normalized spacial score (nSPS) is 10.2. The fraction of sp³-hybridized carbons (Fsp3) is 0.250. The molecule has 100 valence electrons. The van der Waals surface area contributed by atoms with E-state index in [1.54, 1.807) is 19.2 Å². The zero-order valence-electron chi connectivity index (χ0n) is 10.6. The Hall–Kier alpha value is -2.15. The van der Waals surface area contributed by atoms with Gasteiger partial charge in [-0.25, -0.2) is 0 Å². The number of anilines is 1. The van der Waals surface area contributed by atoms with Crippen LogP contribution in [0.5, 0.6) is 5.75 Å². The topological polar surface area (TPSA) is 86.2 Å². The number of aromatic nitrogens is 2. The molecule has 0 spiro atoms. The quantitative estimate of drug-likeness (QED) is 0.827. The van der Waals surface area contributed by atoms with Gasteiger partial charge in [-0.1, -0.05) is 6.92 Å². The zero-order chi connectivity index (χ0) is 13.8. The van der Waals surface area contributed by atoms with Gasteiger partial charge >= 0.3 is 0 Å². The lowest BCUT2D eigenvalue weighted by Crippen LogP contribution is -2.19. The van der Waals surface area contributed by atoms with Crippen molar-refractivity contribution in [3.8, 4) is 17.2 Å². The van der Waals surface area contributed by atoms with E-state index in [0.29, 0.717) is 29.6 Å². The maximum atomic E-state index is 5.50. The summed E-state index contributed by atoms with van der Waals surface area (Å²) >= 11 is 4.83. The van der Waals surface area contributed by atoms with Crippen LogP contribution in [0.25, 0.3) is 11.5 Å². The van der Waals surface area contributed by atoms with Crippen molar-refractivity contribution >= 4 is 23.0 Å². The van der Waals surface area contributed by atoms with Crippen molar-refractivity contribution in [2.75, 3.05) is 12.4 Å². The first-order valence-corrected chi connectivity index (χ1v) is 6.12. The molecule has 1 aromatic heterocycles. The van der Waals surface area contributed by atoms with Crippen molar-refractivity contribution in [1.82, 2.24) is 10.2 Å². The molecule has 0 saturated heterocycles. The maximum absolute atomic E-state index is 5.50. The number of nitrogens with one attached hydrogen (secondary N) is 1. The van der Waals surface area contributed by atoms with E-state index in [2.05, 4.69) is 15.5 Å². The van der Waals surface area contributed by atoms with E-state index in [4.69, 9.17) is 27.1 Å². The van der Waals surface area contributed by atoms with Crippen molar-refractivity contribution in [1.29, 1.82) is 0 Å². The lowest BCUT2D eigenvalue weighted by atomic mass is 10.2. The fourth-order valence-electron chi connectivity index (χ4n) is 1.58. The minimum atomic E-state index is 0.162. The molecule has 0 atom stereocenters.